The van der Waals surface area contributed by atoms with Crippen LogP contribution in [0.3, 0.4) is 0 Å². The highest BCUT2D eigenvalue weighted by molar-refractivity contribution is 6.51. The second-order valence-electron chi connectivity index (χ2n) is 8.27. The van der Waals surface area contributed by atoms with E-state index in [0.29, 0.717) is 5.92 Å². The summed E-state index contributed by atoms with van der Waals surface area (Å²) in [6.45, 7) is 3.35. The van der Waals surface area contributed by atoms with Crippen molar-refractivity contribution in [1.82, 2.24) is 9.55 Å². The van der Waals surface area contributed by atoms with Crippen LogP contribution in [0, 0.1) is 0 Å². The van der Waals surface area contributed by atoms with Gasteiger partial charge in [0.15, 0.2) is 0 Å². The van der Waals surface area contributed by atoms with Gasteiger partial charge in [0, 0.05) is 24.9 Å². The van der Waals surface area contributed by atoms with Crippen molar-refractivity contribution < 1.29 is 0 Å². The average Bonchev–Trinajstić information content (AvgIpc) is 3.24. The Morgan fingerprint density at radius 1 is 0.767 bits per heavy atom. The second-order valence-corrected chi connectivity index (χ2v) is 8.27. The van der Waals surface area contributed by atoms with Gasteiger partial charge in [-0.2, -0.15) is 0 Å². The predicted molar refractivity (Wildman–Crippen MR) is 130 cm³/mol. The van der Waals surface area contributed by atoms with E-state index in [-0.39, 0.29) is 0 Å². The largest absolute Gasteiger partial charge is 0.343 e. The van der Waals surface area contributed by atoms with E-state index in [2.05, 4.69) is 90.6 Å². The molecule has 157 valence electrons. The van der Waals surface area contributed by atoms with Crippen LogP contribution in [0.5, 0.6) is 0 Å². The highest BCUT2D eigenvalue weighted by Gasteiger charge is 2.16. The zero-order valence-electron chi connectivity index (χ0n) is 18.5. The van der Waals surface area contributed by atoms with Gasteiger partial charge in [-0.25, -0.2) is 0 Å². The molecule has 1 aromatic heterocycles. The molecule has 2 aromatic carbocycles. The normalized spacial score (nSPS) is 11.1. The number of aromatic nitrogens is 2. The summed E-state index contributed by atoms with van der Waals surface area (Å²) in [5, 5.41) is 0. The van der Waals surface area contributed by atoms with Gasteiger partial charge in [-0.1, -0.05) is 119 Å². The van der Waals surface area contributed by atoms with E-state index in [1.165, 1.54) is 62.5 Å². The third-order valence-electron chi connectivity index (χ3n) is 5.94. The lowest BCUT2D eigenvalue weighted by molar-refractivity contribution is 0.547. The fourth-order valence-corrected chi connectivity index (χ4v) is 4.17. The summed E-state index contributed by atoms with van der Waals surface area (Å²) in [4.78, 5) is 4.63. The molecule has 0 aliphatic rings. The molecule has 0 aliphatic carbocycles. The summed E-state index contributed by atoms with van der Waals surface area (Å²) in [6.07, 6.45) is 15.9. The molecule has 3 aromatic rings. The molecule has 0 aliphatic heterocycles. The van der Waals surface area contributed by atoms with Crippen molar-refractivity contribution in [1.29, 1.82) is 0 Å². The maximum absolute atomic E-state index is 4.63. The van der Waals surface area contributed by atoms with E-state index in [4.69, 9.17) is 0 Å². The van der Waals surface area contributed by atoms with Crippen molar-refractivity contribution in [3.63, 3.8) is 0 Å². The van der Waals surface area contributed by atoms with Crippen molar-refractivity contribution in [2.75, 3.05) is 0 Å². The molecule has 0 unspecified atom stereocenters. The van der Waals surface area contributed by atoms with Crippen LogP contribution >= 0.6 is 0 Å². The number of aryl methyl sites for hydroxylation is 1. The Balaban J connectivity index is 1.50. The molecule has 0 spiro atoms. The Kier molecular flexibility index (Phi) is 9.79. The first-order valence-electron chi connectivity index (χ1n) is 11.8. The maximum atomic E-state index is 4.63. The number of nitrogens with zero attached hydrogens (tertiary/aromatic N) is 2. The third kappa shape index (κ3) is 7.20. The summed E-state index contributed by atoms with van der Waals surface area (Å²) >= 11 is 0. The molecular weight excluding hydrogens is 363 g/mol. The van der Waals surface area contributed by atoms with Crippen molar-refractivity contribution >= 4 is 13.0 Å². The van der Waals surface area contributed by atoms with Crippen LogP contribution in [0.2, 0.25) is 6.32 Å². The van der Waals surface area contributed by atoms with E-state index in [1.54, 1.807) is 0 Å². The van der Waals surface area contributed by atoms with Crippen LogP contribution in [0.15, 0.2) is 73.1 Å². The van der Waals surface area contributed by atoms with Crippen LogP contribution in [-0.4, -0.2) is 16.8 Å². The minimum Gasteiger partial charge on any atom is -0.343 e. The lowest BCUT2D eigenvalue weighted by atomic mass is 9.65. The lowest BCUT2D eigenvalue weighted by Crippen LogP contribution is -2.27. The number of rotatable bonds is 14. The lowest BCUT2D eigenvalue weighted by Gasteiger charge is -2.18. The molecule has 0 fully saturated rings. The minimum atomic E-state index is 0.362. The summed E-state index contributed by atoms with van der Waals surface area (Å²) in [5.41, 5.74) is 3.83. The van der Waals surface area contributed by atoms with E-state index in [1.807, 2.05) is 6.20 Å². The number of hydrogen-bond donors (Lipinski definition) is 0. The molecular formula is C27H36BN2. The highest BCUT2D eigenvalue weighted by atomic mass is 15.0. The molecule has 0 bridgehead atoms. The molecule has 1 radical (unpaired) electrons. The van der Waals surface area contributed by atoms with Crippen molar-refractivity contribution in [3.05, 3.63) is 84.2 Å². The Morgan fingerprint density at radius 3 is 1.93 bits per heavy atom. The smallest absolute Gasteiger partial charge is 0.202 e. The van der Waals surface area contributed by atoms with Gasteiger partial charge in [0.1, 0.15) is 0 Å². The van der Waals surface area contributed by atoms with Crippen LogP contribution in [-0.2, 0) is 6.54 Å². The number of imidazole rings is 1. The molecule has 1 heterocycles. The van der Waals surface area contributed by atoms with Gasteiger partial charge in [-0.05, 0) is 17.5 Å². The number of hydrogen-bond acceptors (Lipinski definition) is 1. The van der Waals surface area contributed by atoms with Gasteiger partial charge in [-0.3, -0.25) is 4.98 Å². The van der Waals surface area contributed by atoms with Crippen molar-refractivity contribution in [2.45, 2.75) is 77.1 Å². The Labute approximate surface area is 184 Å². The Bertz CT molecular complexity index is 774. The molecule has 0 atom stereocenters. The fraction of sp³-hybridized carbons (Fsp3) is 0.444. The zero-order chi connectivity index (χ0) is 20.9. The summed E-state index contributed by atoms with van der Waals surface area (Å²) in [5.74, 6) is 0.362. The number of benzene rings is 2. The highest BCUT2D eigenvalue weighted by Crippen LogP contribution is 2.27. The second kappa shape index (κ2) is 13.1. The van der Waals surface area contributed by atoms with E-state index in [9.17, 15) is 0 Å². The average molecular weight is 399 g/mol. The molecule has 0 saturated carbocycles. The first kappa shape index (κ1) is 22.4. The number of unbranched alkanes of at least 4 members (excludes halogenated alkanes) is 7. The molecule has 2 nitrogen and oxygen atoms in total. The van der Waals surface area contributed by atoms with E-state index in [0.717, 1.165) is 18.6 Å². The van der Waals surface area contributed by atoms with Gasteiger partial charge >= 0.3 is 0 Å². The standard InChI is InChI=1S/C27H36BN2/c1-2-3-4-5-6-7-8-15-21-30-22-20-29-27(30)28-23-26(24-16-11-9-12-17-24)25-18-13-10-14-19-25/h9-14,16-20,22,26H,2-8,15,21,23H2,1H3. The van der Waals surface area contributed by atoms with Gasteiger partial charge in [-0.15, -0.1) is 0 Å². The maximum Gasteiger partial charge on any atom is 0.202 e. The Hall–Kier alpha value is -2.29. The molecule has 3 heteroatoms. The van der Waals surface area contributed by atoms with Crippen molar-refractivity contribution in [3.8, 4) is 0 Å². The summed E-state index contributed by atoms with van der Waals surface area (Å²) in [7, 11) is 2.31. The summed E-state index contributed by atoms with van der Waals surface area (Å²) in [6, 6.07) is 21.7. The first-order chi connectivity index (χ1) is 14.9. The van der Waals surface area contributed by atoms with Gasteiger partial charge < -0.3 is 4.57 Å². The monoisotopic (exact) mass is 399 g/mol. The van der Waals surface area contributed by atoms with Crippen molar-refractivity contribution in [2.24, 2.45) is 0 Å². The van der Waals surface area contributed by atoms with E-state index < -0.39 is 0 Å². The van der Waals surface area contributed by atoms with Crippen LogP contribution in [0.4, 0.5) is 0 Å². The molecule has 3 rings (SSSR count). The third-order valence-corrected chi connectivity index (χ3v) is 5.94. The zero-order valence-corrected chi connectivity index (χ0v) is 18.5. The summed E-state index contributed by atoms with van der Waals surface area (Å²) < 4.78 is 2.32. The van der Waals surface area contributed by atoms with Crippen LogP contribution in [0.25, 0.3) is 0 Å². The molecule has 0 amide bonds. The Morgan fingerprint density at radius 2 is 1.33 bits per heavy atom. The van der Waals surface area contributed by atoms with Crippen LogP contribution in [0.1, 0.15) is 75.3 Å². The predicted octanol–water partition coefficient (Wildman–Crippen LogP) is 6.60. The molecule has 0 saturated heterocycles. The van der Waals surface area contributed by atoms with Gasteiger partial charge in [0.2, 0.25) is 7.28 Å². The molecule has 0 N–H and O–H groups in total. The quantitative estimate of drug-likeness (QED) is 0.220. The topological polar surface area (TPSA) is 17.8 Å². The van der Waals surface area contributed by atoms with Gasteiger partial charge in [0.25, 0.3) is 0 Å². The van der Waals surface area contributed by atoms with E-state index >= 15 is 0 Å². The van der Waals surface area contributed by atoms with Crippen LogP contribution < -0.4 is 5.72 Å². The minimum absolute atomic E-state index is 0.362. The fourth-order valence-electron chi connectivity index (χ4n) is 4.17. The first-order valence-corrected chi connectivity index (χ1v) is 11.8. The molecule has 30 heavy (non-hydrogen) atoms. The SMILES string of the molecule is CCCCCCCCCCn1ccnc1[B]CC(c1ccccc1)c1ccccc1. The van der Waals surface area contributed by atoms with Gasteiger partial charge in [0.05, 0.1) is 5.72 Å².